The molecule has 1 aromatic rings. The normalized spacial score (nSPS) is 16.3. The van der Waals surface area contributed by atoms with Crippen molar-refractivity contribution in [3.8, 4) is 0 Å². The van der Waals surface area contributed by atoms with E-state index in [-0.39, 0.29) is 29.4 Å². The summed E-state index contributed by atoms with van der Waals surface area (Å²) in [6, 6.07) is 6.55. The predicted octanol–water partition coefficient (Wildman–Crippen LogP) is 3.43. The van der Waals surface area contributed by atoms with Crippen molar-refractivity contribution >= 4 is 41.7 Å². The highest BCUT2D eigenvalue weighted by atomic mass is 127. The highest BCUT2D eigenvalue weighted by Gasteiger charge is 2.33. The van der Waals surface area contributed by atoms with Gasteiger partial charge in [0.05, 0.1) is 19.8 Å². The van der Waals surface area contributed by atoms with Gasteiger partial charge in [-0.1, -0.05) is 19.1 Å². The van der Waals surface area contributed by atoms with Gasteiger partial charge in [-0.05, 0) is 37.3 Å². The summed E-state index contributed by atoms with van der Waals surface area (Å²) in [7, 11) is 0. The molecule has 23 heavy (non-hydrogen) atoms. The fourth-order valence-corrected chi connectivity index (χ4v) is 3.04. The third-order valence-corrected chi connectivity index (χ3v) is 4.60. The molecular weight excluding hydrogens is 421 g/mol. The monoisotopic (exact) mass is 449 g/mol. The van der Waals surface area contributed by atoms with Gasteiger partial charge in [0.2, 0.25) is 0 Å². The van der Waals surface area contributed by atoms with Crippen molar-refractivity contribution in [3.05, 3.63) is 29.3 Å². The Hall–Kier alpha value is -0.470. The molecular formula is C17H28IN3OS. The van der Waals surface area contributed by atoms with Crippen LogP contribution in [0.15, 0.2) is 28.1 Å². The Morgan fingerprint density at radius 1 is 1.35 bits per heavy atom. The van der Waals surface area contributed by atoms with Gasteiger partial charge in [0, 0.05) is 23.4 Å². The van der Waals surface area contributed by atoms with Gasteiger partial charge < -0.3 is 15.4 Å². The highest BCUT2D eigenvalue weighted by molar-refractivity contribution is 14.0. The lowest BCUT2D eigenvalue weighted by Gasteiger charge is -2.38. The summed E-state index contributed by atoms with van der Waals surface area (Å²) in [4.78, 5) is 6.03. The van der Waals surface area contributed by atoms with E-state index in [2.05, 4.69) is 55.9 Å². The molecule has 4 nitrogen and oxygen atoms in total. The van der Waals surface area contributed by atoms with E-state index in [1.165, 1.54) is 16.0 Å². The first-order valence-electron chi connectivity index (χ1n) is 7.80. The topological polar surface area (TPSA) is 45.7 Å². The fourth-order valence-electron chi connectivity index (χ4n) is 2.34. The maximum Gasteiger partial charge on any atom is 0.191 e. The Morgan fingerprint density at radius 3 is 2.65 bits per heavy atom. The molecule has 0 radical (unpaired) electrons. The predicted molar refractivity (Wildman–Crippen MR) is 110 cm³/mol. The van der Waals surface area contributed by atoms with Gasteiger partial charge in [-0.2, -0.15) is 0 Å². The number of guanidine groups is 1. The molecule has 0 bridgehead atoms. The van der Waals surface area contributed by atoms with Crippen molar-refractivity contribution in [2.75, 3.05) is 32.6 Å². The van der Waals surface area contributed by atoms with E-state index in [1.807, 2.05) is 0 Å². The minimum Gasteiger partial charge on any atom is -0.380 e. The number of benzene rings is 1. The standard InChI is InChI=1S/C17H27N3OS.HI/c1-5-18-16(20-10-17(3)11-21-12-17)19-9-14-7-6-13(2)8-15(14)22-4;/h6-8H,5,9-12H2,1-4H3,(H2,18,19,20);1H. The van der Waals surface area contributed by atoms with Gasteiger partial charge in [0.25, 0.3) is 0 Å². The van der Waals surface area contributed by atoms with Gasteiger partial charge in [0.1, 0.15) is 0 Å². The zero-order valence-corrected chi connectivity index (χ0v) is 17.6. The average molecular weight is 449 g/mol. The van der Waals surface area contributed by atoms with E-state index < -0.39 is 0 Å². The van der Waals surface area contributed by atoms with Gasteiger partial charge in [-0.3, -0.25) is 0 Å². The second kappa shape index (κ2) is 9.74. The van der Waals surface area contributed by atoms with Crippen molar-refractivity contribution in [3.63, 3.8) is 0 Å². The zero-order chi connectivity index (χ0) is 16.0. The van der Waals surface area contributed by atoms with Crippen LogP contribution in [0, 0.1) is 12.3 Å². The number of hydrogen-bond acceptors (Lipinski definition) is 3. The van der Waals surface area contributed by atoms with E-state index in [9.17, 15) is 0 Å². The second-order valence-electron chi connectivity index (χ2n) is 6.17. The SMILES string of the molecule is CCNC(=NCc1ccc(C)cc1SC)NCC1(C)COC1.I. The number of hydrogen-bond donors (Lipinski definition) is 2. The van der Waals surface area contributed by atoms with Crippen molar-refractivity contribution < 1.29 is 4.74 Å². The number of ether oxygens (including phenoxy) is 1. The smallest absolute Gasteiger partial charge is 0.191 e. The van der Waals surface area contributed by atoms with Gasteiger partial charge in [-0.25, -0.2) is 4.99 Å². The van der Waals surface area contributed by atoms with Crippen LogP contribution in [-0.4, -0.2) is 38.5 Å². The molecule has 0 spiro atoms. The molecule has 0 aliphatic carbocycles. The summed E-state index contributed by atoms with van der Waals surface area (Å²) >= 11 is 1.78. The molecule has 130 valence electrons. The minimum absolute atomic E-state index is 0. The lowest BCUT2D eigenvalue weighted by molar-refractivity contribution is -0.0971. The van der Waals surface area contributed by atoms with Crippen LogP contribution >= 0.6 is 35.7 Å². The Kier molecular flexibility index (Phi) is 8.71. The van der Waals surface area contributed by atoms with Crippen molar-refractivity contribution in [2.24, 2.45) is 10.4 Å². The van der Waals surface area contributed by atoms with Crippen LogP contribution in [0.3, 0.4) is 0 Å². The molecule has 0 unspecified atom stereocenters. The average Bonchev–Trinajstić information content (AvgIpc) is 2.49. The molecule has 6 heteroatoms. The molecule has 1 heterocycles. The first-order valence-corrected chi connectivity index (χ1v) is 9.02. The number of nitrogens with zero attached hydrogens (tertiary/aromatic N) is 1. The molecule has 0 aromatic heterocycles. The van der Waals surface area contributed by atoms with E-state index >= 15 is 0 Å². The first-order chi connectivity index (χ1) is 10.6. The summed E-state index contributed by atoms with van der Waals surface area (Å²) in [6.45, 7) is 10.6. The van der Waals surface area contributed by atoms with Crippen LogP contribution in [0.4, 0.5) is 0 Å². The summed E-state index contributed by atoms with van der Waals surface area (Å²) in [5, 5.41) is 6.75. The Bertz CT molecular complexity index is 533. The molecule has 0 saturated carbocycles. The van der Waals surface area contributed by atoms with Crippen LogP contribution in [0.5, 0.6) is 0 Å². The molecule has 2 rings (SSSR count). The highest BCUT2D eigenvalue weighted by Crippen LogP contribution is 2.25. The van der Waals surface area contributed by atoms with Crippen molar-refractivity contribution in [1.29, 1.82) is 0 Å². The quantitative estimate of drug-likeness (QED) is 0.303. The Labute approximate surface area is 161 Å². The number of nitrogens with one attached hydrogen (secondary N) is 2. The summed E-state index contributed by atoms with van der Waals surface area (Å²) in [5.74, 6) is 0.878. The Morgan fingerprint density at radius 2 is 2.09 bits per heavy atom. The number of halogens is 1. The minimum atomic E-state index is 0. The molecule has 1 saturated heterocycles. The number of aliphatic imine (C=N–C) groups is 1. The third-order valence-electron chi connectivity index (χ3n) is 3.78. The lowest BCUT2D eigenvalue weighted by Crippen LogP contribution is -2.51. The molecule has 1 aliphatic rings. The van der Waals surface area contributed by atoms with Crippen molar-refractivity contribution in [1.82, 2.24) is 10.6 Å². The lowest BCUT2D eigenvalue weighted by atomic mass is 9.89. The number of aryl methyl sites for hydroxylation is 1. The fraction of sp³-hybridized carbons (Fsp3) is 0.588. The summed E-state index contributed by atoms with van der Waals surface area (Å²) < 4.78 is 5.30. The van der Waals surface area contributed by atoms with Crippen LogP contribution in [0.2, 0.25) is 0 Å². The molecule has 0 atom stereocenters. The maximum absolute atomic E-state index is 5.30. The van der Waals surface area contributed by atoms with Crippen LogP contribution in [0.25, 0.3) is 0 Å². The van der Waals surface area contributed by atoms with Crippen LogP contribution in [-0.2, 0) is 11.3 Å². The maximum atomic E-state index is 5.30. The van der Waals surface area contributed by atoms with Crippen LogP contribution in [0.1, 0.15) is 25.0 Å². The van der Waals surface area contributed by atoms with E-state index in [0.29, 0.717) is 6.54 Å². The van der Waals surface area contributed by atoms with Crippen molar-refractivity contribution in [2.45, 2.75) is 32.2 Å². The van der Waals surface area contributed by atoms with Gasteiger partial charge in [-0.15, -0.1) is 35.7 Å². The molecule has 0 amide bonds. The second-order valence-corrected chi connectivity index (χ2v) is 7.02. The number of rotatable bonds is 6. The van der Waals surface area contributed by atoms with E-state index in [1.54, 1.807) is 11.8 Å². The zero-order valence-electron chi connectivity index (χ0n) is 14.4. The first kappa shape index (κ1) is 20.6. The molecule has 2 N–H and O–H groups in total. The van der Waals surface area contributed by atoms with E-state index in [4.69, 9.17) is 9.73 Å². The summed E-state index contributed by atoms with van der Waals surface area (Å²) in [6.07, 6.45) is 2.11. The Balaban J connectivity index is 0.00000264. The molecule has 1 aromatic carbocycles. The van der Waals surface area contributed by atoms with Gasteiger partial charge >= 0.3 is 0 Å². The largest absolute Gasteiger partial charge is 0.380 e. The van der Waals surface area contributed by atoms with Gasteiger partial charge in [0.15, 0.2) is 5.96 Å². The van der Waals surface area contributed by atoms with Crippen LogP contribution < -0.4 is 10.6 Å². The molecule has 1 fully saturated rings. The number of thioether (sulfide) groups is 1. The third kappa shape index (κ3) is 6.15. The summed E-state index contributed by atoms with van der Waals surface area (Å²) in [5.41, 5.74) is 2.80. The van der Waals surface area contributed by atoms with E-state index in [0.717, 1.165) is 32.3 Å². The molecule has 1 aliphatic heterocycles.